The Bertz CT molecular complexity index is 492. The molecule has 1 rings (SSSR count). The zero-order valence-corrected chi connectivity index (χ0v) is 11.4. The summed E-state index contributed by atoms with van der Waals surface area (Å²) in [6.07, 6.45) is 0.616. The fourth-order valence-corrected chi connectivity index (χ4v) is 1.64. The van der Waals surface area contributed by atoms with Gasteiger partial charge in [-0.05, 0) is 25.5 Å². The number of nitrogen functional groups attached to an aromatic ring is 1. The molecule has 0 aliphatic carbocycles. The van der Waals surface area contributed by atoms with Crippen LogP contribution in [0.25, 0.3) is 0 Å². The summed E-state index contributed by atoms with van der Waals surface area (Å²) in [5, 5.41) is 13.6. The lowest BCUT2D eigenvalue weighted by atomic mass is 10.1. The Morgan fingerprint density at radius 3 is 2.80 bits per heavy atom. The highest BCUT2D eigenvalue weighted by atomic mass is 16.6. The zero-order valence-electron chi connectivity index (χ0n) is 11.4. The molecular formula is C12H18N4O4. The summed E-state index contributed by atoms with van der Waals surface area (Å²) in [6.45, 7) is 2.29. The fourth-order valence-electron chi connectivity index (χ4n) is 1.64. The van der Waals surface area contributed by atoms with E-state index in [-0.39, 0.29) is 17.3 Å². The molecule has 0 aliphatic rings. The van der Waals surface area contributed by atoms with Crippen LogP contribution in [0.1, 0.15) is 23.7 Å². The number of nitrogens with one attached hydrogen (secondary N) is 2. The van der Waals surface area contributed by atoms with E-state index in [1.165, 1.54) is 18.2 Å². The molecule has 110 valence electrons. The molecule has 4 N–H and O–H groups in total. The number of benzene rings is 1. The van der Waals surface area contributed by atoms with Crippen molar-refractivity contribution in [1.29, 1.82) is 0 Å². The number of carbonyl (C=O) groups is 1. The summed E-state index contributed by atoms with van der Waals surface area (Å²) in [7, 11) is 1.57. The molecule has 0 saturated carbocycles. The number of nitrogens with two attached hydrogens (primary N) is 1. The van der Waals surface area contributed by atoms with Crippen LogP contribution in [0.5, 0.6) is 0 Å². The molecule has 0 bridgehead atoms. The van der Waals surface area contributed by atoms with Gasteiger partial charge < -0.3 is 15.5 Å². The first kappa shape index (κ1) is 15.9. The second kappa shape index (κ2) is 7.41. The SMILES string of the molecule is COCCC(C)NC(=O)c1cc(NN)ccc1[N+](=O)[O-]. The average molecular weight is 282 g/mol. The summed E-state index contributed by atoms with van der Waals surface area (Å²) in [4.78, 5) is 22.4. The molecule has 1 amide bonds. The first-order valence-electron chi connectivity index (χ1n) is 6.04. The smallest absolute Gasteiger partial charge is 0.282 e. The van der Waals surface area contributed by atoms with Crippen molar-refractivity contribution in [2.24, 2.45) is 5.84 Å². The molecular weight excluding hydrogens is 264 g/mol. The summed E-state index contributed by atoms with van der Waals surface area (Å²) in [5.74, 6) is 4.73. The minimum atomic E-state index is -0.602. The van der Waals surface area contributed by atoms with E-state index in [1.807, 2.05) is 0 Å². The Labute approximate surface area is 116 Å². The molecule has 8 nitrogen and oxygen atoms in total. The number of methoxy groups -OCH3 is 1. The molecule has 1 aromatic carbocycles. The molecule has 0 saturated heterocycles. The van der Waals surface area contributed by atoms with Crippen LogP contribution < -0.4 is 16.6 Å². The Kier molecular flexibility index (Phi) is 5.88. The number of hydrogen-bond donors (Lipinski definition) is 3. The van der Waals surface area contributed by atoms with Gasteiger partial charge in [0.2, 0.25) is 0 Å². The second-order valence-corrected chi connectivity index (χ2v) is 4.29. The van der Waals surface area contributed by atoms with Crippen LogP contribution in [0.2, 0.25) is 0 Å². The van der Waals surface area contributed by atoms with Crippen molar-refractivity contribution >= 4 is 17.3 Å². The summed E-state index contributed by atoms with van der Waals surface area (Å²) in [5.41, 5.74) is 2.48. The Balaban J connectivity index is 2.92. The van der Waals surface area contributed by atoms with Crippen LogP contribution in [0.4, 0.5) is 11.4 Å². The maximum atomic E-state index is 12.1. The van der Waals surface area contributed by atoms with Gasteiger partial charge in [0.25, 0.3) is 11.6 Å². The van der Waals surface area contributed by atoms with Crippen LogP contribution in [0.3, 0.4) is 0 Å². The third-order valence-electron chi connectivity index (χ3n) is 2.74. The average Bonchev–Trinajstić information content (AvgIpc) is 2.44. The van der Waals surface area contributed by atoms with Gasteiger partial charge in [0.05, 0.1) is 4.92 Å². The minimum absolute atomic E-state index is 0.0327. The van der Waals surface area contributed by atoms with Crippen molar-refractivity contribution in [3.63, 3.8) is 0 Å². The van der Waals surface area contributed by atoms with E-state index in [0.717, 1.165) is 0 Å². The van der Waals surface area contributed by atoms with Crippen molar-refractivity contribution in [2.45, 2.75) is 19.4 Å². The van der Waals surface area contributed by atoms with Crippen molar-refractivity contribution in [1.82, 2.24) is 5.32 Å². The van der Waals surface area contributed by atoms with Crippen LogP contribution in [-0.4, -0.2) is 30.6 Å². The van der Waals surface area contributed by atoms with Gasteiger partial charge in [0.1, 0.15) is 5.56 Å². The maximum absolute atomic E-state index is 12.1. The second-order valence-electron chi connectivity index (χ2n) is 4.29. The Morgan fingerprint density at radius 2 is 2.25 bits per heavy atom. The van der Waals surface area contributed by atoms with Crippen LogP contribution in [0, 0.1) is 10.1 Å². The lowest BCUT2D eigenvalue weighted by Gasteiger charge is -2.13. The molecule has 0 spiro atoms. The van der Waals surface area contributed by atoms with Gasteiger partial charge >= 0.3 is 0 Å². The third-order valence-corrected chi connectivity index (χ3v) is 2.74. The number of nitrogens with zero attached hydrogens (tertiary/aromatic N) is 1. The number of hydrazine groups is 1. The lowest BCUT2D eigenvalue weighted by Crippen LogP contribution is -2.33. The number of amides is 1. The highest BCUT2D eigenvalue weighted by Gasteiger charge is 2.21. The van der Waals surface area contributed by atoms with E-state index in [9.17, 15) is 14.9 Å². The standard InChI is InChI=1S/C12H18N4O4/c1-8(5-6-20-2)14-12(17)10-7-9(15-13)3-4-11(10)16(18)19/h3-4,7-8,15H,5-6,13H2,1-2H3,(H,14,17). The topological polar surface area (TPSA) is 120 Å². The summed E-state index contributed by atoms with van der Waals surface area (Å²) in [6, 6.07) is 3.86. The number of ether oxygens (including phenoxy) is 1. The van der Waals surface area contributed by atoms with Gasteiger partial charge in [-0.15, -0.1) is 0 Å². The molecule has 0 aromatic heterocycles. The quantitative estimate of drug-likeness (QED) is 0.390. The number of nitro groups is 1. The summed E-state index contributed by atoms with van der Waals surface area (Å²) >= 11 is 0. The molecule has 1 aromatic rings. The zero-order chi connectivity index (χ0) is 15.1. The van der Waals surface area contributed by atoms with Crippen LogP contribution in [-0.2, 0) is 4.74 Å². The van der Waals surface area contributed by atoms with E-state index < -0.39 is 10.8 Å². The van der Waals surface area contributed by atoms with E-state index in [0.29, 0.717) is 18.7 Å². The Morgan fingerprint density at radius 1 is 1.55 bits per heavy atom. The van der Waals surface area contributed by atoms with E-state index in [1.54, 1.807) is 14.0 Å². The summed E-state index contributed by atoms with van der Waals surface area (Å²) < 4.78 is 4.91. The monoisotopic (exact) mass is 282 g/mol. The van der Waals surface area contributed by atoms with E-state index in [4.69, 9.17) is 10.6 Å². The molecule has 0 heterocycles. The van der Waals surface area contributed by atoms with Crippen LogP contribution in [0.15, 0.2) is 18.2 Å². The largest absolute Gasteiger partial charge is 0.385 e. The first-order valence-corrected chi connectivity index (χ1v) is 6.04. The normalized spacial score (nSPS) is 11.8. The van der Waals surface area contributed by atoms with Crippen molar-refractivity contribution in [3.05, 3.63) is 33.9 Å². The highest BCUT2D eigenvalue weighted by Crippen LogP contribution is 2.22. The van der Waals surface area contributed by atoms with Crippen molar-refractivity contribution < 1.29 is 14.5 Å². The van der Waals surface area contributed by atoms with Gasteiger partial charge in [-0.2, -0.15) is 0 Å². The van der Waals surface area contributed by atoms with Crippen molar-refractivity contribution in [2.75, 3.05) is 19.1 Å². The van der Waals surface area contributed by atoms with Gasteiger partial charge in [-0.3, -0.25) is 20.8 Å². The van der Waals surface area contributed by atoms with Gasteiger partial charge in [-0.25, -0.2) is 0 Å². The van der Waals surface area contributed by atoms with E-state index in [2.05, 4.69) is 10.7 Å². The Hall–Kier alpha value is -2.19. The predicted molar refractivity (Wildman–Crippen MR) is 74.3 cm³/mol. The number of anilines is 1. The molecule has 8 heteroatoms. The number of nitro benzene ring substituents is 1. The molecule has 0 radical (unpaired) electrons. The predicted octanol–water partition coefficient (Wildman–Crippen LogP) is 1.04. The lowest BCUT2D eigenvalue weighted by molar-refractivity contribution is -0.385. The van der Waals surface area contributed by atoms with Crippen molar-refractivity contribution in [3.8, 4) is 0 Å². The molecule has 0 fully saturated rings. The highest BCUT2D eigenvalue weighted by molar-refractivity contribution is 5.99. The molecule has 0 aliphatic heterocycles. The van der Waals surface area contributed by atoms with E-state index >= 15 is 0 Å². The fraction of sp³-hybridized carbons (Fsp3) is 0.417. The third kappa shape index (κ3) is 4.18. The first-order chi connectivity index (χ1) is 9.49. The number of hydrogen-bond acceptors (Lipinski definition) is 6. The molecule has 1 unspecified atom stereocenters. The number of rotatable bonds is 7. The number of carbonyl (C=O) groups excluding carboxylic acids is 1. The molecule has 20 heavy (non-hydrogen) atoms. The van der Waals surface area contributed by atoms with Gasteiger partial charge in [0, 0.05) is 31.5 Å². The van der Waals surface area contributed by atoms with Crippen LogP contribution >= 0.6 is 0 Å². The van der Waals surface area contributed by atoms with Gasteiger partial charge in [0.15, 0.2) is 0 Å². The van der Waals surface area contributed by atoms with Gasteiger partial charge in [-0.1, -0.05) is 0 Å². The minimum Gasteiger partial charge on any atom is -0.385 e. The molecule has 1 atom stereocenters. The maximum Gasteiger partial charge on any atom is 0.282 e.